The molecular weight excluding hydrogens is 324 g/mol. The zero-order chi connectivity index (χ0) is 17.2. The number of hydrogen-bond acceptors (Lipinski definition) is 6. The first-order chi connectivity index (χ1) is 12.2. The van der Waals surface area contributed by atoms with E-state index in [1.165, 1.54) is 6.20 Å². The Morgan fingerprint density at radius 3 is 2.72 bits per heavy atom. The summed E-state index contributed by atoms with van der Waals surface area (Å²) in [5, 5.41) is 0. The van der Waals surface area contributed by atoms with Crippen molar-refractivity contribution in [3.05, 3.63) is 52.2 Å². The number of aromatic amines is 1. The summed E-state index contributed by atoms with van der Waals surface area (Å²) in [4.78, 5) is 33.9. The van der Waals surface area contributed by atoms with Gasteiger partial charge in [0.25, 0.3) is 11.5 Å². The minimum Gasteiger partial charge on any atom is -0.454 e. The number of piperazine rings is 1. The van der Waals surface area contributed by atoms with Crippen LogP contribution in [-0.2, 0) is 6.54 Å². The molecule has 25 heavy (non-hydrogen) atoms. The number of nitrogens with zero attached hydrogens (tertiary/aromatic N) is 3. The second kappa shape index (κ2) is 6.56. The molecule has 4 rings (SSSR count). The Balaban J connectivity index is 1.34. The molecule has 0 unspecified atom stereocenters. The normalized spacial score (nSPS) is 16.9. The van der Waals surface area contributed by atoms with Gasteiger partial charge in [-0.15, -0.1) is 0 Å². The van der Waals surface area contributed by atoms with Crippen LogP contribution in [-0.4, -0.2) is 58.6 Å². The van der Waals surface area contributed by atoms with E-state index < -0.39 is 0 Å². The van der Waals surface area contributed by atoms with Crippen LogP contribution in [0.5, 0.6) is 11.5 Å². The summed E-state index contributed by atoms with van der Waals surface area (Å²) in [6, 6.07) is 5.97. The molecular formula is C17H18N4O4. The Bertz CT molecular complexity index is 822. The fraction of sp³-hybridized carbons (Fsp3) is 0.353. The first kappa shape index (κ1) is 15.6. The smallest absolute Gasteiger partial charge is 0.274 e. The van der Waals surface area contributed by atoms with Crippen molar-refractivity contribution >= 4 is 5.91 Å². The van der Waals surface area contributed by atoms with E-state index in [9.17, 15) is 9.59 Å². The lowest BCUT2D eigenvalue weighted by Gasteiger charge is -2.34. The summed E-state index contributed by atoms with van der Waals surface area (Å²) < 4.78 is 10.7. The second-order valence-corrected chi connectivity index (χ2v) is 6.05. The molecule has 8 heteroatoms. The van der Waals surface area contributed by atoms with Gasteiger partial charge in [-0.05, 0) is 17.7 Å². The molecule has 2 aromatic rings. The maximum Gasteiger partial charge on any atom is 0.274 e. The van der Waals surface area contributed by atoms with Crippen LogP contribution in [0.4, 0.5) is 0 Å². The third-order valence-corrected chi connectivity index (χ3v) is 4.39. The van der Waals surface area contributed by atoms with E-state index in [1.54, 1.807) is 4.90 Å². The van der Waals surface area contributed by atoms with Crippen LogP contribution in [0.2, 0.25) is 0 Å². The first-order valence-electron chi connectivity index (χ1n) is 8.14. The highest BCUT2D eigenvalue weighted by Gasteiger charge is 2.23. The molecule has 130 valence electrons. The third kappa shape index (κ3) is 3.34. The van der Waals surface area contributed by atoms with Crippen molar-refractivity contribution in [3.8, 4) is 11.5 Å². The molecule has 1 fully saturated rings. The predicted molar refractivity (Wildman–Crippen MR) is 88.6 cm³/mol. The molecule has 1 N–H and O–H groups in total. The van der Waals surface area contributed by atoms with Crippen LogP contribution in [0.3, 0.4) is 0 Å². The highest BCUT2D eigenvalue weighted by molar-refractivity contribution is 5.92. The number of nitrogens with one attached hydrogen (secondary N) is 1. The van der Waals surface area contributed by atoms with Crippen LogP contribution >= 0.6 is 0 Å². The fourth-order valence-corrected chi connectivity index (χ4v) is 3.03. The van der Waals surface area contributed by atoms with Crippen molar-refractivity contribution in [2.45, 2.75) is 6.54 Å². The number of fused-ring (bicyclic) bond motifs is 1. The number of benzene rings is 1. The molecule has 1 aromatic carbocycles. The van der Waals surface area contributed by atoms with Gasteiger partial charge in [0.05, 0.1) is 6.20 Å². The number of hydrogen-bond donors (Lipinski definition) is 1. The molecule has 1 aromatic heterocycles. The van der Waals surface area contributed by atoms with Crippen LogP contribution < -0.4 is 15.0 Å². The molecule has 1 amide bonds. The van der Waals surface area contributed by atoms with E-state index in [0.717, 1.165) is 42.9 Å². The molecule has 8 nitrogen and oxygen atoms in total. The molecule has 0 radical (unpaired) electrons. The van der Waals surface area contributed by atoms with Crippen LogP contribution in [0.15, 0.2) is 35.4 Å². The maximum atomic E-state index is 12.4. The topological polar surface area (TPSA) is 87.8 Å². The molecule has 0 bridgehead atoms. The molecule has 1 saturated heterocycles. The second-order valence-electron chi connectivity index (χ2n) is 6.05. The first-order valence-corrected chi connectivity index (χ1v) is 8.14. The van der Waals surface area contributed by atoms with E-state index in [0.29, 0.717) is 13.1 Å². The van der Waals surface area contributed by atoms with Gasteiger partial charge in [0.15, 0.2) is 11.5 Å². The van der Waals surface area contributed by atoms with Crippen LogP contribution in [0, 0.1) is 0 Å². The summed E-state index contributed by atoms with van der Waals surface area (Å²) >= 11 is 0. The highest BCUT2D eigenvalue weighted by atomic mass is 16.7. The van der Waals surface area contributed by atoms with E-state index in [2.05, 4.69) is 14.9 Å². The van der Waals surface area contributed by atoms with Crippen molar-refractivity contribution in [3.63, 3.8) is 0 Å². The van der Waals surface area contributed by atoms with E-state index >= 15 is 0 Å². The Hall–Kier alpha value is -2.87. The van der Waals surface area contributed by atoms with Gasteiger partial charge in [0.1, 0.15) is 5.69 Å². The molecule has 0 spiro atoms. The lowest BCUT2D eigenvalue weighted by atomic mass is 10.1. The number of aromatic nitrogens is 2. The number of carbonyl (C=O) groups excluding carboxylic acids is 1. The van der Waals surface area contributed by atoms with Crippen molar-refractivity contribution in [2.24, 2.45) is 0 Å². The van der Waals surface area contributed by atoms with Crippen molar-refractivity contribution in [1.29, 1.82) is 0 Å². The Morgan fingerprint density at radius 2 is 1.96 bits per heavy atom. The maximum absolute atomic E-state index is 12.4. The zero-order valence-corrected chi connectivity index (χ0v) is 13.6. The van der Waals surface area contributed by atoms with Crippen molar-refractivity contribution < 1.29 is 14.3 Å². The number of amides is 1. The predicted octanol–water partition coefficient (Wildman–Crippen LogP) is 0.457. The zero-order valence-electron chi connectivity index (χ0n) is 13.6. The lowest BCUT2D eigenvalue weighted by molar-refractivity contribution is 0.0622. The average Bonchev–Trinajstić information content (AvgIpc) is 3.10. The highest BCUT2D eigenvalue weighted by Crippen LogP contribution is 2.32. The van der Waals surface area contributed by atoms with Gasteiger partial charge in [-0.25, -0.2) is 4.98 Å². The van der Waals surface area contributed by atoms with E-state index in [-0.39, 0.29) is 24.0 Å². The summed E-state index contributed by atoms with van der Waals surface area (Å²) in [6.45, 7) is 3.90. The molecule has 0 saturated carbocycles. The molecule has 3 heterocycles. The largest absolute Gasteiger partial charge is 0.454 e. The number of carbonyl (C=O) groups is 1. The van der Waals surface area contributed by atoms with Gasteiger partial charge in [-0.3, -0.25) is 14.5 Å². The minimum absolute atomic E-state index is 0.154. The van der Waals surface area contributed by atoms with Gasteiger partial charge < -0.3 is 19.4 Å². The molecule has 0 aliphatic carbocycles. The van der Waals surface area contributed by atoms with Crippen molar-refractivity contribution in [1.82, 2.24) is 19.8 Å². The summed E-state index contributed by atoms with van der Waals surface area (Å²) in [7, 11) is 0. The fourth-order valence-electron chi connectivity index (χ4n) is 3.03. The molecule has 2 aliphatic rings. The van der Waals surface area contributed by atoms with Gasteiger partial charge in [-0.1, -0.05) is 6.07 Å². The Kier molecular flexibility index (Phi) is 4.10. The Morgan fingerprint density at radius 1 is 1.16 bits per heavy atom. The van der Waals surface area contributed by atoms with Crippen LogP contribution in [0.25, 0.3) is 0 Å². The van der Waals surface area contributed by atoms with E-state index in [1.807, 2.05) is 18.2 Å². The Labute approximate surface area is 144 Å². The number of H-pyrrole nitrogens is 1. The van der Waals surface area contributed by atoms with Crippen LogP contribution in [0.1, 0.15) is 16.1 Å². The van der Waals surface area contributed by atoms with E-state index in [4.69, 9.17) is 9.47 Å². The molecule has 2 aliphatic heterocycles. The summed E-state index contributed by atoms with van der Waals surface area (Å²) in [6.07, 6.45) is 2.49. The standard InChI is InChI=1S/C17H18N4O4/c22-16-9-18-13(8-19-16)17(23)21-5-3-20(4-6-21)10-12-1-2-14-15(7-12)25-11-24-14/h1-2,7-9H,3-6,10-11H2,(H,19,22). The quantitative estimate of drug-likeness (QED) is 0.872. The molecule has 0 atom stereocenters. The van der Waals surface area contributed by atoms with Crippen molar-refractivity contribution in [2.75, 3.05) is 33.0 Å². The summed E-state index contributed by atoms with van der Waals surface area (Å²) in [5.74, 6) is 1.42. The van der Waals surface area contributed by atoms with Gasteiger partial charge >= 0.3 is 0 Å². The minimum atomic E-state index is -0.315. The lowest BCUT2D eigenvalue weighted by Crippen LogP contribution is -2.48. The van der Waals surface area contributed by atoms with Gasteiger partial charge in [-0.2, -0.15) is 0 Å². The number of rotatable bonds is 3. The monoisotopic (exact) mass is 342 g/mol. The SMILES string of the molecule is O=C(c1c[nH]c(=O)cn1)N1CCN(Cc2ccc3c(c2)OCO3)CC1. The summed E-state index contributed by atoms with van der Waals surface area (Å²) in [5.41, 5.74) is 1.11. The average molecular weight is 342 g/mol. The van der Waals surface area contributed by atoms with Gasteiger partial charge in [0.2, 0.25) is 6.79 Å². The number of ether oxygens (including phenoxy) is 2. The van der Waals surface area contributed by atoms with Gasteiger partial charge in [0, 0.05) is 38.9 Å². The third-order valence-electron chi connectivity index (χ3n) is 4.39.